The highest BCUT2D eigenvalue weighted by atomic mass is 16.5. The van der Waals surface area contributed by atoms with E-state index in [1.165, 1.54) is 6.92 Å². The van der Waals surface area contributed by atoms with Gasteiger partial charge in [0.15, 0.2) is 0 Å². The zero-order valence-electron chi connectivity index (χ0n) is 12.6. The van der Waals surface area contributed by atoms with E-state index in [1.54, 1.807) is 52.0 Å². The molecule has 0 atom stereocenters. The van der Waals surface area contributed by atoms with Gasteiger partial charge in [0, 0.05) is 12.6 Å². The lowest BCUT2D eigenvalue weighted by atomic mass is 9.76. The van der Waals surface area contributed by atoms with E-state index in [4.69, 9.17) is 4.65 Å². The predicted molar refractivity (Wildman–Crippen MR) is 79.8 cm³/mol. The zero-order chi connectivity index (χ0) is 15.6. The summed E-state index contributed by atoms with van der Waals surface area (Å²) in [7, 11) is -1.15. The van der Waals surface area contributed by atoms with E-state index in [2.05, 4.69) is 5.32 Å². The summed E-state index contributed by atoms with van der Waals surface area (Å²) in [5.41, 5.74) is -0.807. The Hall–Kier alpha value is -1.37. The number of benzene rings is 1. The quantitative estimate of drug-likeness (QED) is 0.700. The molecule has 20 heavy (non-hydrogen) atoms. The van der Waals surface area contributed by atoms with Crippen LogP contribution in [0.25, 0.3) is 0 Å². The first kappa shape index (κ1) is 16.7. The van der Waals surface area contributed by atoms with Crippen LogP contribution in [0, 0.1) is 0 Å². The minimum atomic E-state index is -1.15. The van der Waals surface area contributed by atoms with Crippen molar-refractivity contribution >= 4 is 24.2 Å². The predicted octanol–water partition coefficient (Wildman–Crippen LogP) is 0.899. The van der Waals surface area contributed by atoms with Crippen molar-refractivity contribution in [1.29, 1.82) is 0 Å². The molecule has 0 unspecified atom stereocenters. The maximum atomic E-state index is 10.9. The van der Waals surface area contributed by atoms with Crippen LogP contribution in [-0.2, 0) is 9.45 Å². The van der Waals surface area contributed by atoms with Crippen LogP contribution in [0.5, 0.6) is 0 Å². The SMILES string of the molecule is CC(=O)Nc1ccc(B(O)OC(C)(C)C(C)(C)O)cc1. The van der Waals surface area contributed by atoms with E-state index in [9.17, 15) is 14.9 Å². The molecule has 1 amide bonds. The number of rotatable bonds is 5. The molecule has 0 bridgehead atoms. The highest BCUT2D eigenvalue weighted by molar-refractivity contribution is 6.60. The fourth-order valence-electron chi connectivity index (χ4n) is 1.43. The third-order valence-electron chi connectivity index (χ3n) is 3.40. The van der Waals surface area contributed by atoms with Crippen molar-refractivity contribution in [3.63, 3.8) is 0 Å². The molecule has 1 rings (SSSR count). The fourth-order valence-corrected chi connectivity index (χ4v) is 1.43. The van der Waals surface area contributed by atoms with E-state index in [0.29, 0.717) is 11.2 Å². The van der Waals surface area contributed by atoms with Gasteiger partial charge in [0.2, 0.25) is 5.91 Å². The molecular weight excluding hydrogens is 257 g/mol. The van der Waals surface area contributed by atoms with Gasteiger partial charge in [0.25, 0.3) is 0 Å². The second-order valence-corrected chi connectivity index (χ2v) is 5.84. The fraction of sp³-hybridized carbons (Fsp3) is 0.500. The van der Waals surface area contributed by atoms with Gasteiger partial charge < -0.3 is 20.1 Å². The van der Waals surface area contributed by atoms with E-state index in [1.807, 2.05) is 0 Å². The second kappa shape index (κ2) is 5.95. The van der Waals surface area contributed by atoms with Crippen molar-refractivity contribution in [3.05, 3.63) is 24.3 Å². The Morgan fingerprint density at radius 2 is 1.70 bits per heavy atom. The standard InChI is InChI=1S/C14H22BNO4/c1-10(17)16-12-8-6-11(7-9-12)15(19)20-14(4,5)13(2,3)18/h6-9,18-19H,1-5H3,(H,16,17). The molecule has 1 aromatic rings. The van der Waals surface area contributed by atoms with Gasteiger partial charge in [-0.05, 0) is 45.3 Å². The topological polar surface area (TPSA) is 78.8 Å². The van der Waals surface area contributed by atoms with Gasteiger partial charge in [-0.1, -0.05) is 12.1 Å². The van der Waals surface area contributed by atoms with Gasteiger partial charge in [0.05, 0.1) is 11.2 Å². The van der Waals surface area contributed by atoms with Crippen LogP contribution in [0.2, 0.25) is 0 Å². The zero-order valence-corrected chi connectivity index (χ0v) is 12.6. The summed E-state index contributed by atoms with van der Waals surface area (Å²) < 4.78 is 5.53. The Balaban J connectivity index is 2.78. The lowest BCUT2D eigenvalue weighted by Gasteiger charge is -2.38. The van der Waals surface area contributed by atoms with Crippen LogP contribution >= 0.6 is 0 Å². The lowest BCUT2D eigenvalue weighted by molar-refractivity contribution is -0.114. The van der Waals surface area contributed by atoms with Gasteiger partial charge >= 0.3 is 7.12 Å². The molecular formula is C14H22BNO4. The molecule has 0 heterocycles. The molecule has 0 spiro atoms. The third kappa shape index (κ3) is 4.33. The number of anilines is 1. The van der Waals surface area contributed by atoms with Gasteiger partial charge in [0.1, 0.15) is 0 Å². The number of hydrogen-bond donors (Lipinski definition) is 3. The molecule has 110 valence electrons. The Morgan fingerprint density at radius 3 is 2.10 bits per heavy atom. The van der Waals surface area contributed by atoms with Crippen LogP contribution in [0.15, 0.2) is 24.3 Å². The van der Waals surface area contributed by atoms with E-state index in [0.717, 1.165) is 0 Å². The smallest absolute Gasteiger partial charge is 0.423 e. The minimum Gasteiger partial charge on any atom is -0.423 e. The minimum absolute atomic E-state index is 0.155. The highest BCUT2D eigenvalue weighted by Crippen LogP contribution is 2.25. The molecule has 3 N–H and O–H groups in total. The first-order chi connectivity index (χ1) is 9.03. The van der Waals surface area contributed by atoms with Crippen LogP contribution < -0.4 is 10.8 Å². The molecule has 0 fully saturated rings. The molecule has 1 aromatic carbocycles. The summed E-state index contributed by atoms with van der Waals surface area (Å²) in [6.07, 6.45) is 0. The summed E-state index contributed by atoms with van der Waals surface area (Å²) in [5, 5.41) is 22.7. The van der Waals surface area contributed by atoms with Crippen molar-refractivity contribution in [1.82, 2.24) is 0 Å². The first-order valence-corrected chi connectivity index (χ1v) is 6.49. The molecule has 0 aromatic heterocycles. The molecule has 0 aliphatic heterocycles. The normalized spacial score (nSPS) is 12.2. The monoisotopic (exact) mass is 279 g/mol. The van der Waals surface area contributed by atoms with Crippen molar-refractivity contribution < 1.29 is 19.6 Å². The molecule has 0 aliphatic carbocycles. The average molecular weight is 279 g/mol. The number of carbonyl (C=O) groups excluding carboxylic acids is 1. The molecule has 5 nitrogen and oxygen atoms in total. The number of carbonyl (C=O) groups is 1. The number of aliphatic hydroxyl groups is 1. The number of amides is 1. The Morgan fingerprint density at radius 1 is 1.20 bits per heavy atom. The Labute approximate surface area is 120 Å². The van der Waals surface area contributed by atoms with Crippen molar-refractivity contribution in [2.24, 2.45) is 0 Å². The van der Waals surface area contributed by atoms with E-state index < -0.39 is 18.3 Å². The largest absolute Gasteiger partial charge is 0.491 e. The average Bonchev–Trinajstić information content (AvgIpc) is 2.26. The van der Waals surface area contributed by atoms with Gasteiger partial charge in [-0.15, -0.1) is 0 Å². The summed E-state index contributed by atoms with van der Waals surface area (Å²) in [5.74, 6) is -0.155. The second-order valence-electron chi connectivity index (χ2n) is 5.84. The molecule has 6 heteroatoms. The van der Waals surface area contributed by atoms with Crippen LogP contribution in [0.1, 0.15) is 34.6 Å². The summed E-state index contributed by atoms with van der Waals surface area (Å²) >= 11 is 0. The molecule has 0 saturated carbocycles. The maximum Gasteiger partial charge on any atom is 0.491 e. The van der Waals surface area contributed by atoms with E-state index >= 15 is 0 Å². The van der Waals surface area contributed by atoms with Crippen molar-refractivity contribution in [3.8, 4) is 0 Å². The van der Waals surface area contributed by atoms with Crippen molar-refractivity contribution in [2.45, 2.75) is 45.8 Å². The van der Waals surface area contributed by atoms with Crippen LogP contribution in [0.3, 0.4) is 0 Å². The Kier molecular flexibility index (Phi) is 4.97. The molecule has 0 radical (unpaired) electrons. The number of nitrogens with one attached hydrogen (secondary N) is 1. The van der Waals surface area contributed by atoms with Crippen molar-refractivity contribution in [2.75, 3.05) is 5.32 Å². The summed E-state index contributed by atoms with van der Waals surface area (Å²) in [6, 6.07) is 6.69. The molecule has 0 aliphatic rings. The first-order valence-electron chi connectivity index (χ1n) is 6.49. The van der Waals surface area contributed by atoms with Crippen LogP contribution in [-0.4, -0.2) is 34.4 Å². The van der Waals surface area contributed by atoms with Gasteiger partial charge in [-0.3, -0.25) is 4.79 Å². The number of hydrogen-bond acceptors (Lipinski definition) is 4. The lowest BCUT2D eigenvalue weighted by Crippen LogP contribution is -2.53. The maximum absolute atomic E-state index is 10.9. The summed E-state index contributed by atoms with van der Waals surface area (Å²) in [6.45, 7) is 8.10. The van der Waals surface area contributed by atoms with Crippen LogP contribution in [0.4, 0.5) is 5.69 Å². The van der Waals surface area contributed by atoms with Gasteiger partial charge in [-0.2, -0.15) is 0 Å². The van der Waals surface area contributed by atoms with E-state index in [-0.39, 0.29) is 5.91 Å². The highest BCUT2D eigenvalue weighted by Gasteiger charge is 2.39. The van der Waals surface area contributed by atoms with Gasteiger partial charge in [-0.25, -0.2) is 0 Å². The summed E-state index contributed by atoms with van der Waals surface area (Å²) in [4.78, 5) is 10.9. The third-order valence-corrected chi connectivity index (χ3v) is 3.40. The molecule has 0 saturated heterocycles. The Bertz CT molecular complexity index is 465.